The second-order valence-corrected chi connectivity index (χ2v) is 11.4. The van der Waals surface area contributed by atoms with E-state index in [1.54, 1.807) is 0 Å². The maximum Gasteiger partial charge on any atom is 0.243 e. The van der Waals surface area contributed by atoms with Gasteiger partial charge in [0.2, 0.25) is 15.9 Å². The van der Waals surface area contributed by atoms with Gasteiger partial charge in [0.15, 0.2) is 0 Å². The first-order valence-corrected chi connectivity index (χ1v) is 13.5. The molecule has 0 bridgehead atoms. The number of carbonyl (C=O) groups is 1. The zero-order valence-corrected chi connectivity index (χ0v) is 21.9. The molecular weight excluding hydrogens is 460 g/mol. The number of carbonyl (C=O) groups excluding carboxylic acids is 1. The Kier molecular flexibility index (Phi) is 7.15. The van der Waals surface area contributed by atoms with Crippen molar-refractivity contribution < 1.29 is 13.2 Å². The monoisotopic (exact) mass is 494 g/mol. The largest absolute Gasteiger partial charge is 0.352 e. The van der Waals surface area contributed by atoms with Crippen LogP contribution in [-0.4, -0.2) is 41.5 Å². The third kappa shape index (κ3) is 5.04. The maximum absolute atomic E-state index is 13.3. The first-order valence-electron chi connectivity index (χ1n) is 12.1. The smallest absolute Gasteiger partial charge is 0.243 e. The predicted molar refractivity (Wildman–Crippen MR) is 137 cm³/mol. The molecule has 1 amide bonds. The van der Waals surface area contributed by atoms with Crippen molar-refractivity contribution in [2.75, 3.05) is 13.1 Å². The minimum atomic E-state index is -3.59. The number of para-hydroxylation sites is 1. The number of piperidine rings is 1. The second-order valence-electron chi connectivity index (χ2n) is 9.52. The molecule has 3 aromatic rings. The van der Waals surface area contributed by atoms with Crippen molar-refractivity contribution in [2.24, 2.45) is 5.92 Å². The second kappa shape index (κ2) is 9.95. The van der Waals surface area contributed by atoms with Crippen LogP contribution < -0.4 is 5.32 Å². The lowest BCUT2D eigenvalue weighted by Crippen LogP contribution is -2.43. The number of aryl methyl sites for hydroxylation is 4. The van der Waals surface area contributed by atoms with Gasteiger partial charge in [0.1, 0.15) is 0 Å². The predicted octanol–water partition coefficient (Wildman–Crippen LogP) is 4.13. The van der Waals surface area contributed by atoms with Crippen molar-refractivity contribution in [3.8, 4) is 5.69 Å². The molecule has 0 unspecified atom stereocenters. The molecule has 2 aromatic carbocycles. The summed E-state index contributed by atoms with van der Waals surface area (Å²) in [4.78, 5) is 13.3. The van der Waals surface area contributed by atoms with Gasteiger partial charge in [-0.1, -0.05) is 35.9 Å². The van der Waals surface area contributed by atoms with Gasteiger partial charge in [-0.15, -0.1) is 0 Å². The lowest BCUT2D eigenvalue weighted by Gasteiger charge is -2.31. The molecule has 0 aliphatic carbocycles. The molecule has 1 aliphatic heterocycles. The Morgan fingerprint density at radius 1 is 1.00 bits per heavy atom. The van der Waals surface area contributed by atoms with Crippen LogP contribution in [0.15, 0.2) is 47.4 Å². The Morgan fingerprint density at radius 3 is 2.20 bits per heavy atom. The average Bonchev–Trinajstić information content (AvgIpc) is 3.10. The van der Waals surface area contributed by atoms with Gasteiger partial charge < -0.3 is 5.32 Å². The third-order valence-electron chi connectivity index (χ3n) is 6.91. The highest BCUT2D eigenvalue weighted by Gasteiger charge is 2.33. The molecule has 0 saturated carbocycles. The molecule has 0 radical (unpaired) electrons. The molecule has 2 heterocycles. The molecule has 186 valence electrons. The summed E-state index contributed by atoms with van der Waals surface area (Å²) in [5, 5.41) is 7.71. The number of hydrogen-bond donors (Lipinski definition) is 1. The average molecular weight is 495 g/mol. The summed E-state index contributed by atoms with van der Waals surface area (Å²) in [6, 6.07) is 13.7. The van der Waals surface area contributed by atoms with Gasteiger partial charge in [-0.3, -0.25) is 4.79 Å². The highest BCUT2D eigenvalue weighted by Crippen LogP contribution is 2.29. The molecule has 4 rings (SSSR count). The van der Waals surface area contributed by atoms with Crippen LogP contribution in [0, 0.1) is 40.5 Å². The molecule has 8 heteroatoms. The summed E-state index contributed by atoms with van der Waals surface area (Å²) in [5.74, 6) is -0.234. The number of aromatic nitrogens is 2. The Morgan fingerprint density at radius 2 is 1.60 bits per heavy atom. The molecule has 1 aromatic heterocycles. The van der Waals surface area contributed by atoms with Crippen molar-refractivity contribution in [1.29, 1.82) is 0 Å². The summed E-state index contributed by atoms with van der Waals surface area (Å²) >= 11 is 0. The van der Waals surface area contributed by atoms with E-state index in [4.69, 9.17) is 0 Å². The number of nitrogens with zero attached hydrogens (tertiary/aromatic N) is 3. The van der Waals surface area contributed by atoms with Crippen LogP contribution >= 0.6 is 0 Å². The molecule has 35 heavy (non-hydrogen) atoms. The maximum atomic E-state index is 13.3. The number of sulfonamides is 1. The van der Waals surface area contributed by atoms with Crippen LogP contribution in [-0.2, 0) is 21.4 Å². The van der Waals surface area contributed by atoms with Crippen molar-refractivity contribution >= 4 is 15.9 Å². The molecule has 1 saturated heterocycles. The van der Waals surface area contributed by atoms with E-state index in [1.165, 1.54) is 4.31 Å². The van der Waals surface area contributed by atoms with Crippen LogP contribution in [0.5, 0.6) is 0 Å². The molecule has 1 aliphatic rings. The molecule has 1 fully saturated rings. The van der Waals surface area contributed by atoms with E-state index >= 15 is 0 Å². The molecular formula is C27H34N4O3S. The first kappa shape index (κ1) is 25.1. The Labute approximate surface area is 208 Å². The van der Waals surface area contributed by atoms with E-state index in [1.807, 2.05) is 81.8 Å². The fraction of sp³-hybridized carbons (Fsp3) is 0.407. The van der Waals surface area contributed by atoms with Crippen LogP contribution in [0.2, 0.25) is 0 Å². The minimum Gasteiger partial charge on any atom is -0.352 e. The fourth-order valence-electron chi connectivity index (χ4n) is 5.13. The standard InChI is InChI=1S/C27H34N4O3S/c1-18-15-19(2)26(20(3)16-18)35(33,34)30-13-11-23(12-14-30)27(32)28-17-25-21(4)29-31(22(25)5)24-9-7-6-8-10-24/h6-10,15-16,23H,11-14,17H2,1-5H3,(H,28,32). The zero-order chi connectivity index (χ0) is 25.3. The molecule has 1 N–H and O–H groups in total. The van der Waals surface area contributed by atoms with Crippen LogP contribution in [0.25, 0.3) is 5.69 Å². The van der Waals surface area contributed by atoms with Gasteiger partial charge in [0.25, 0.3) is 0 Å². The number of benzene rings is 2. The minimum absolute atomic E-state index is 0.0315. The number of nitrogens with one attached hydrogen (secondary N) is 1. The summed E-state index contributed by atoms with van der Waals surface area (Å²) in [6.07, 6.45) is 1.02. The quantitative estimate of drug-likeness (QED) is 0.558. The van der Waals surface area contributed by atoms with E-state index in [9.17, 15) is 13.2 Å². The van der Waals surface area contributed by atoms with Crippen molar-refractivity contribution in [3.05, 3.63) is 76.1 Å². The molecule has 0 atom stereocenters. The summed E-state index contributed by atoms with van der Waals surface area (Å²) in [5.41, 5.74) is 6.46. The molecule has 7 nitrogen and oxygen atoms in total. The number of hydrogen-bond acceptors (Lipinski definition) is 4. The van der Waals surface area contributed by atoms with Crippen molar-refractivity contribution in [1.82, 2.24) is 19.4 Å². The van der Waals surface area contributed by atoms with E-state index in [0.717, 1.165) is 39.3 Å². The SMILES string of the molecule is Cc1cc(C)c(S(=O)(=O)N2CCC(C(=O)NCc3c(C)nn(-c4ccccc4)c3C)CC2)c(C)c1. The van der Waals surface area contributed by atoms with Crippen molar-refractivity contribution in [2.45, 2.75) is 58.9 Å². The summed E-state index contributed by atoms with van der Waals surface area (Å²) in [6.45, 7) is 10.7. The summed E-state index contributed by atoms with van der Waals surface area (Å²) < 4.78 is 30.1. The Bertz CT molecular complexity index is 1320. The molecule has 0 spiro atoms. The van der Waals surface area contributed by atoms with Gasteiger partial charge in [-0.05, 0) is 70.7 Å². The Hall–Kier alpha value is -2.97. The van der Waals surface area contributed by atoms with Gasteiger partial charge in [0.05, 0.1) is 16.3 Å². The first-order chi connectivity index (χ1) is 16.6. The fourth-order valence-corrected chi connectivity index (χ4v) is 7.01. The van der Waals surface area contributed by atoms with Gasteiger partial charge >= 0.3 is 0 Å². The van der Waals surface area contributed by atoms with E-state index in [-0.39, 0.29) is 11.8 Å². The lowest BCUT2D eigenvalue weighted by molar-refractivity contribution is -0.126. The van der Waals surface area contributed by atoms with Crippen LogP contribution in [0.1, 0.15) is 46.5 Å². The van der Waals surface area contributed by atoms with Crippen LogP contribution in [0.3, 0.4) is 0 Å². The lowest BCUT2D eigenvalue weighted by atomic mass is 9.97. The highest BCUT2D eigenvalue weighted by molar-refractivity contribution is 7.89. The third-order valence-corrected chi connectivity index (χ3v) is 9.11. The van der Waals surface area contributed by atoms with Gasteiger partial charge in [0, 0.05) is 36.8 Å². The van der Waals surface area contributed by atoms with Crippen molar-refractivity contribution in [3.63, 3.8) is 0 Å². The van der Waals surface area contributed by atoms with E-state index in [0.29, 0.717) is 37.4 Å². The number of amides is 1. The summed E-state index contributed by atoms with van der Waals surface area (Å²) in [7, 11) is -3.59. The van der Waals surface area contributed by atoms with E-state index < -0.39 is 10.0 Å². The Balaban J connectivity index is 1.39. The normalized spacial score (nSPS) is 15.3. The highest BCUT2D eigenvalue weighted by atomic mass is 32.2. The van der Waals surface area contributed by atoms with E-state index in [2.05, 4.69) is 10.4 Å². The number of rotatable bonds is 6. The van der Waals surface area contributed by atoms with Crippen LogP contribution in [0.4, 0.5) is 0 Å². The van der Waals surface area contributed by atoms with Gasteiger partial charge in [-0.2, -0.15) is 9.40 Å². The zero-order valence-electron chi connectivity index (χ0n) is 21.1. The topological polar surface area (TPSA) is 84.3 Å². The van der Waals surface area contributed by atoms with Gasteiger partial charge in [-0.25, -0.2) is 13.1 Å².